The minimum atomic E-state index is -0.327. The summed E-state index contributed by atoms with van der Waals surface area (Å²) >= 11 is 0. The molecule has 1 heterocycles. The number of carbonyl (C=O) groups is 2. The smallest absolute Gasteiger partial charge is 0.225 e. The summed E-state index contributed by atoms with van der Waals surface area (Å²) in [5, 5.41) is 3.01. The molecular formula is C22H34N2O4. The molecule has 1 aliphatic heterocycles. The summed E-state index contributed by atoms with van der Waals surface area (Å²) in [5.41, 5.74) is 0.801. The van der Waals surface area contributed by atoms with E-state index in [2.05, 4.69) is 5.32 Å². The van der Waals surface area contributed by atoms with E-state index in [1.807, 2.05) is 57.7 Å². The molecule has 0 aliphatic carbocycles. The van der Waals surface area contributed by atoms with Crippen molar-refractivity contribution in [2.24, 2.45) is 11.3 Å². The number of likely N-dealkylation sites (tertiary alicyclic amines) is 1. The summed E-state index contributed by atoms with van der Waals surface area (Å²) in [4.78, 5) is 27.6. The lowest BCUT2D eigenvalue weighted by atomic mass is 9.87. The van der Waals surface area contributed by atoms with Crippen LogP contribution < -0.4 is 14.8 Å². The van der Waals surface area contributed by atoms with Crippen molar-refractivity contribution in [3.63, 3.8) is 0 Å². The van der Waals surface area contributed by atoms with Crippen LogP contribution in [0.2, 0.25) is 0 Å². The zero-order valence-electron chi connectivity index (χ0n) is 18.2. The SMILES string of the molecule is COc1ccc(OC)c([C@@H]2CN(C(=O)CC(C)(C)C)C[C@@H]2C(=O)NC(C)C)c1. The van der Waals surface area contributed by atoms with Crippen LogP contribution in [0.1, 0.15) is 52.5 Å². The van der Waals surface area contributed by atoms with Crippen LogP contribution >= 0.6 is 0 Å². The molecule has 0 saturated carbocycles. The zero-order chi connectivity index (χ0) is 21.1. The highest BCUT2D eigenvalue weighted by Gasteiger charge is 2.42. The molecule has 28 heavy (non-hydrogen) atoms. The molecule has 1 fully saturated rings. The molecular weight excluding hydrogens is 356 g/mol. The molecule has 1 N–H and O–H groups in total. The molecule has 0 spiro atoms. The maximum atomic E-state index is 12.9. The Kier molecular flexibility index (Phi) is 6.96. The van der Waals surface area contributed by atoms with Gasteiger partial charge in [0, 0.05) is 37.0 Å². The predicted octanol–water partition coefficient (Wildman–Crippen LogP) is 3.21. The Labute approximate surface area is 168 Å². The molecule has 0 unspecified atom stereocenters. The summed E-state index contributed by atoms with van der Waals surface area (Å²) in [6, 6.07) is 5.64. The minimum Gasteiger partial charge on any atom is -0.497 e. The van der Waals surface area contributed by atoms with Crippen LogP contribution in [-0.2, 0) is 9.59 Å². The number of nitrogens with zero attached hydrogens (tertiary/aromatic N) is 1. The lowest BCUT2D eigenvalue weighted by molar-refractivity contribution is -0.132. The van der Waals surface area contributed by atoms with Crippen molar-refractivity contribution >= 4 is 11.8 Å². The van der Waals surface area contributed by atoms with Gasteiger partial charge in [-0.25, -0.2) is 0 Å². The molecule has 1 saturated heterocycles. The van der Waals surface area contributed by atoms with E-state index in [-0.39, 0.29) is 35.1 Å². The zero-order valence-corrected chi connectivity index (χ0v) is 18.2. The normalized spacial score (nSPS) is 19.6. The van der Waals surface area contributed by atoms with Crippen molar-refractivity contribution in [2.45, 2.75) is 53.0 Å². The lowest BCUT2D eigenvalue weighted by Crippen LogP contribution is -2.39. The fourth-order valence-corrected chi connectivity index (χ4v) is 3.67. The van der Waals surface area contributed by atoms with E-state index < -0.39 is 0 Å². The first-order valence-corrected chi connectivity index (χ1v) is 9.85. The van der Waals surface area contributed by atoms with Crippen molar-refractivity contribution in [3.8, 4) is 11.5 Å². The van der Waals surface area contributed by atoms with Crippen molar-refractivity contribution in [2.75, 3.05) is 27.3 Å². The van der Waals surface area contributed by atoms with Gasteiger partial charge in [-0.05, 0) is 37.5 Å². The third-order valence-corrected chi connectivity index (χ3v) is 4.96. The van der Waals surface area contributed by atoms with E-state index >= 15 is 0 Å². The molecule has 0 bridgehead atoms. The van der Waals surface area contributed by atoms with Crippen molar-refractivity contribution in [1.29, 1.82) is 0 Å². The van der Waals surface area contributed by atoms with Gasteiger partial charge in [0.1, 0.15) is 11.5 Å². The van der Waals surface area contributed by atoms with Crippen molar-refractivity contribution in [3.05, 3.63) is 23.8 Å². The second-order valence-electron chi connectivity index (χ2n) is 9.02. The fraction of sp³-hybridized carbons (Fsp3) is 0.636. The average molecular weight is 391 g/mol. The van der Waals surface area contributed by atoms with Crippen LogP contribution in [0.3, 0.4) is 0 Å². The largest absolute Gasteiger partial charge is 0.497 e. The Morgan fingerprint density at radius 1 is 1.18 bits per heavy atom. The van der Waals surface area contributed by atoms with E-state index in [1.54, 1.807) is 14.2 Å². The predicted molar refractivity (Wildman–Crippen MR) is 110 cm³/mol. The number of nitrogens with one attached hydrogen (secondary N) is 1. The van der Waals surface area contributed by atoms with E-state index in [0.717, 1.165) is 5.56 Å². The quantitative estimate of drug-likeness (QED) is 0.810. The summed E-state index contributed by atoms with van der Waals surface area (Å²) in [5.74, 6) is 0.992. The van der Waals surface area contributed by atoms with Crippen LogP contribution in [0.25, 0.3) is 0 Å². The topological polar surface area (TPSA) is 67.9 Å². The highest BCUT2D eigenvalue weighted by Crippen LogP contribution is 2.40. The third kappa shape index (κ3) is 5.40. The van der Waals surface area contributed by atoms with Gasteiger partial charge in [-0.3, -0.25) is 9.59 Å². The first-order valence-electron chi connectivity index (χ1n) is 9.85. The van der Waals surface area contributed by atoms with E-state index in [9.17, 15) is 9.59 Å². The van der Waals surface area contributed by atoms with Crippen molar-refractivity contribution < 1.29 is 19.1 Å². The van der Waals surface area contributed by atoms with E-state index in [0.29, 0.717) is 31.0 Å². The van der Waals surface area contributed by atoms with Crippen LogP contribution in [0.4, 0.5) is 0 Å². The lowest BCUT2D eigenvalue weighted by Gasteiger charge is -2.23. The van der Waals surface area contributed by atoms with Crippen LogP contribution in [0, 0.1) is 11.3 Å². The van der Waals surface area contributed by atoms with Gasteiger partial charge < -0.3 is 19.7 Å². The molecule has 2 rings (SSSR count). The molecule has 0 aromatic heterocycles. The molecule has 1 aromatic rings. The summed E-state index contributed by atoms with van der Waals surface area (Å²) in [6.07, 6.45) is 0.452. The monoisotopic (exact) mass is 390 g/mol. The number of hydrogen-bond acceptors (Lipinski definition) is 4. The van der Waals surface area contributed by atoms with Gasteiger partial charge >= 0.3 is 0 Å². The van der Waals surface area contributed by atoms with Gasteiger partial charge in [0.15, 0.2) is 0 Å². The van der Waals surface area contributed by atoms with E-state index in [1.165, 1.54) is 0 Å². The minimum absolute atomic E-state index is 0.0315. The molecule has 1 aromatic carbocycles. The number of carbonyl (C=O) groups excluding carboxylic acids is 2. The molecule has 2 atom stereocenters. The molecule has 6 heteroatoms. The second kappa shape index (κ2) is 8.84. The summed E-state index contributed by atoms with van der Waals surface area (Å²) in [6.45, 7) is 10.9. The second-order valence-corrected chi connectivity index (χ2v) is 9.02. The number of amides is 2. The summed E-state index contributed by atoms with van der Waals surface area (Å²) < 4.78 is 10.9. The molecule has 1 aliphatic rings. The van der Waals surface area contributed by atoms with Crippen molar-refractivity contribution in [1.82, 2.24) is 10.2 Å². The average Bonchev–Trinajstić information content (AvgIpc) is 3.04. The van der Waals surface area contributed by atoms with Gasteiger partial charge in [0.25, 0.3) is 0 Å². The first kappa shape index (κ1) is 22.1. The Balaban J connectivity index is 2.38. The Morgan fingerprint density at radius 3 is 2.39 bits per heavy atom. The van der Waals surface area contributed by atoms with Gasteiger partial charge in [-0.2, -0.15) is 0 Å². The number of benzene rings is 1. The Hall–Kier alpha value is -2.24. The number of hydrogen-bond donors (Lipinski definition) is 1. The Bertz CT molecular complexity index is 709. The molecule has 156 valence electrons. The maximum absolute atomic E-state index is 12.9. The summed E-state index contributed by atoms with van der Waals surface area (Å²) in [7, 11) is 3.23. The first-order chi connectivity index (χ1) is 13.1. The number of rotatable bonds is 6. The highest BCUT2D eigenvalue weighted by molar-refractivity contribution is 5.84. The van der Waals surface area contributed by atoms with Crippen LogP contribution in [0.5, 0.6) is 11.5 Å². The molecule has 2 amide bonds. The van der Waals surface area contributed by atoms with Crippen LogP contribution in [-0.4, -0.2) is 50.1 Å². The standard InChI is InChI=1S/C22H34N2O4/c1-14(2)23-21(26)18-13-24(20(25)11-22(3,4)5)12-17(18)16-10-15(27-6)8-9-19(16)28-7/h8-10,14,17-18H,11-13H2,1-7H3,(H,23,26)/t17-,18-/m0/s1. The number of methoxy groups -OCH3 is 2. The number of ether oxygens (including phenoxy) is 2. The van der Waals surface area contributed by atoms with E-state index in [4.69, 9.17) is 9.47 Å². The molecule has 0 radical (unpaired) electrons. The third-order valence-electron chi connectivity index (χ3n) is 4.96. The highest BCUT2D eigenvalue weighted by atomic mass is 16.5. The van der Waals surface area contributed by atoms with Gasteiger partial charge in [-0.1, -0.05) is 20.8 Å². The fourth-order valence-electron chi connectivity index (χ4n) is 3.67. The molecule has 6 nitrogen and oxygen atoms in total. The maximum Gasteiger partial charge on any atom is 0.225 e. The van der Waals surface area contributed by atoms with Gasteiger partial charge in [-0.15, -0.1) is 0 Å². The Morgan fingerprint density at radius 2 is 1.86 bits per heavy atom. The van der Waals surface area contributed by atoms with Gasteiger partial charge in [0.05, 0.1) is 20.1 Å². The van der Waals surface area contributed by atoms with Crippen LogP contribution in [0.15, 0.2) is 18.2 Å². The van der Waals surface area contributed by atoms with Gasteiger partial charge in [0.2, 0.25) is 11.8 Å².